The van der Waals surface area contributed by atoms with Gasteiger partial charge in [0.05, 0.1) is 16.8 Å². The minimum atomic E-state index is -3.24. The fraction of sp³-hybridized carbons (Fsp3) is 0.267. The zero-order chi connectivity index (χ0) is 16.6. The second-order valence-electron chi connectivity index (χ2n) is 5.45. The van der Waals surface area contributed by atoms with E-state index >= 15 is 0 Å². The van der Waals surface area contributed by atoms with E-state index in [0.717, 1.165) is 5.69 Å². The van der Waals surface area contributed by atoms with Crippen LogP contribution < -0.4 is 5.32 Å². The molecular formula is C15H16N4O3S. The largest absolute Gasteiger partial charge is 0.310 e. The van der Waals surface area contributed by atoms with Crippen molar-refractivity contribution in [3.63, 3.8) is 0 Å². The lowest BCUT2D eigenvalue weighted by atomic mass is 9.97. The monoisotopic (exact) mass is 332 g/mol. The first-order chi connectivity index (χ1) is 10.8. The lowest BCUT2D eigenvalue weighted by Gasteiger charge is -2.15. The Balaban J connectivity index is 1.96. The summed E-state index contributed by atoms with van der Waals surface area (Å²) >= 11 is 0. The van der Waals surface area contributed by atoms with Gasteiger partial charge in [0.2, 0.25) is 5.91 Å². The van der Waals surface area contributed by atoms with Crippen LogP contribution >= 0.6 is 0 Å². The number of carbonyl (C=O) groups is 1. The molecule has 120 valence electrons. The third kappa shape index (κ3) is 3.31. The predicted octanol–water partition coefficient (Wildman–Crippen LogP) is 1.66. The van der Waals surface area contributed by atoms with Crippen molar-refractivity contribution in [1.82, 2.24) is 14.6 Å². The number of hydrogen-bond donors (Lipinski definition) is 1. The lowest BCUT2D eigenvalue weighted by molar-refractivity contribution is -0.114. The van der Waals surface area contributed by atoms with Crippen LogP contribution in [0.25, 0.3) is 5.65 Å². The molecule has 2 aromatic rings. The Kier molecular flexibility index (Phi) is 3.77. The highest BCUT2D eigenvalue weighted by molar-refractivity contribution is 7.94. The number of fused-ring (bicyclic) bond motifs is 1. The highest BCUT2D eigenvalue weighted by Crippen LogP contribution is 2.28. The van der Waals surface area contributed by atoms with Crippen molar-refractivity contribution in [2.24, 2.45) is 0 Å². The molecule has 23 heavy (non-hydrogen) atoms. The first kappa shape index (κ1) is 15.4. The van der Waals surface area contributed by atoms with E-state index in [1.165, 1.54) is 13.2 Å². The number of imidazole rings is 1. The highest BCUT2D eigenvalue weighted by Gasteiger charge is 2.19. The van der Waals surface area contributed by atoms with Crippen molar-refractivity contribution in [3.8, 4) is 0 Å². The normalized spacial score (nSPS) is 18.0. The Morgan fingerprint density at radius 3 is 2.87 bits per heavy atom. The number of aromatic nitrogens is 3. The van der Waals surface area contributed by atoms with E-state index in [2.05, 4.69) is 15.4 Å². The van der Waals surface area contributed by atoms with E-state index in [1.54, 1.807) is 28.9 Å². The summed E-state index contributed by atoms with van der Waals surface area (Å²) in [5.74, 6) is 0.116. The van der Waals surface area contributed by atoms with E-state index < -0.39 is 9.84 Å². The fourth-order valence-electron chi connectivity index (χ4n) is 2.44. The Labute approximate surface area is 133 Å². The van der Waals surface area contributed by atoms with E-state index in [0.29, 0.717) is 22.8 Å². The molecule has 2 heterocycles. The molecule has 0 aliphatic heterocycles. The number of carbonyl (C=O) groups excluding carboxylic acids is 1. The molecule has 0 aromatic carbocycles. The Hall–Kier alpha value is -2.48. The molecule has 0 radical (unpaired) electrons. The van der Waals surface area contributed by atoms with Crippen LogP contribution in [0.15, 0.2) is 41.5 Å². The second-order valence-corrected chi connectivity index (χ2v) is 7.47. The maximum absolute atomic E-state index is 11.7. The number of amides is 1. The number of anilines is 1. The molecule has 1 N–H and O–H groups in total. The summed E-state index contributed by atoms with van der Waals surface area (Å²) < 4.78 is 24.9. The minimum Gasteiger partial charge on any atom is -0.310 e. The van der Waals surface area contributed by atoms with Gasteiger partial charge in [0.15, 0.2) is 21.3 Å². The van der Waals surface area contributed by atoms with Crippen molar-refractivity contribution in [3.05, 3.63) is 47.2 Å². The molecule has 3 rings (SSSR count). The summed E-state index contributed by atoms with van der Waals surface area (Å²) in [6.07, 6.45) is 8.68. The number of allylic oxidation sites excluding steroid dienone is 3. The van der Waals surface area contributed by atoms with Crippen LogP contribution in [0.3, 0.4) is 0 Å². The summed E-state index contributed by atoms with van der Waals surface area (Å²) in [5, 5.41) is 7.08. The average Bonchev–Trinajstić information content (AvgIpc) is 2.86. The first-order valence-electron chi connectivity index (χ1n) is 7.05. The SMILES string of the molecule is CC(=O)Nc1cn2nc(C3C=C(S(C)(=O)=O)C=CC3)ccc2n1. The maximum Gasteiger partial charge on any atom is 0.222 e. The molecule has 8 heteroatoms. The van der Waals surface area contributed by atoms with E-state index in [9.17, 15) is 13.2 Å². The molecule has 0 spiro atoms. The number of sulfone groups is 1. The molecule has 7 nitrogen and oxygen atoms in total. The molecule has 0 saturated carbocycles. The van der Waals surface area contributed by atoms with E-state index in [-0.39, 0.29) is 11.8 Å². The highest BCUT2D eigenvalue weighted by atomic mass is 32.2. The van der Waals surface area contributed by atoms with E-state index in [4.69, 9.17) is 0 Å². The van der Waals surface area contributed by atoms with Gasteiger partial charge in [-0.25, -0.2) is 17.9 Å². The van der Waals surface area contributed by atoms with Gasteiger partial charge in [0, 0.05) is 19.1 Å². The predicted molar refractivity (Wildman–Crippen MR) is 86.7 cm³/mol. The molecule has 1 aliphatic carbocycles. The summed E-state index contributed by atoms with van der Waals surface area (Å²) in [5.41, 5.74) is 1.35. The van der Waals surface area contributed by atoms with Gasteiger partial charge in [-0.3, -0.25) is 4.79 Å². The molecule has 1 amide bonds. The van der Waals surface area contributed by atoms with E-state index in [1.807, 2.05) is 12.1 Å². The van der Waals surface area contributed by atoms with Crippen molar-refractivity contribution >= 4 is 27.2 Å². The van der Waals surface area contributed by atoms with Gasteiger partial charge < -0.3 is 5.32 Å². The fourth-order valence-corrected chi connectivity index (χ4v) is 3.20. The zero-order valence-corrected chi connectivity index (χ0v) is 13.5. The maximum atomic E-state index is 11.7. The number of nitrogens with one attached hydrogen (secondary N) is 1. The van der Waals surface area contributed by atoms with Crippen molar-refractivity contribution in [1.29, 1.82) is 0 Å². The van der Waals surface area contributed by atoms with Gasteiger partial charge in [0.25, 0.3) is 0 Å². The van der Waals surface area contributed by atoms with Crippen LogP contribution in [0.5, 0.6) is 0 Å². The van der Waals surface area contributed by atoms with Crippen LogP contribution in [-0.2, 0) is 14.6 Å². The molecular weight excluding hydrogens is 316 g/mol. The average molecular weight is 332 g/mol. The molecule has 1 unspecified atom stereocenters. The minimum absolute atomic E-state index is 0.110. The van der Waals surface area contributed by atoms with Crippen LogP contribution in [0, 0.1) is 0 Å². The van der Waals surface area contributed by atoms with Crippen molar-refractivity contribution < 1.29 is 13.2 Å². The van der Waals surface area contributed by atoms with Gasteiger partial charge in [-0.15, -0.1) is 0 Å². The topological polar surface area (TPSA) is 93.4 Å². The summed E-state index contributed by atoms with van der Waals surface area (Å²) in [4.78, 5) is 15.6. The van der Waals surface area contributed by atoms with Crippen molar-refractivity contribution in [2.45, 2.75) is 19.3 Å². The quantitative estimate of drug-likeness (QED) is 0.922. The molecule has 0 bridgehead atoms. The Morgan fingerprint density at radius 2 is 2.17 bits per heavy atom. The van der Waals surface area contributed by atoms with Crippen LogP contribution in [0.4, 0.5) is 5.82 Å². The smallest absolute Gasteiger partial charge is 0.222 e. The first-order valence-corrected chi connectivity index (χ1v) is 8.94. The van der Waals surface area contributed by atoms with Gasteiger partial charge in [-0.1, -0.05) is 12.2 Å². The van der Waals surface area contributed by atoms with Gasteiger partial charge in [-0.05, 0) is 24.6 Å². The Morgan fingerprint density at radius 1 is 1.39 bits per heavy atom. The molecule has 0 fully saturated rings. The van der Waals surface area contributed by atoms with Gasteiger partial charge in [0.1, 0.15) is 0 Å². The molecule has 1 aliphatic rings. The summed E-state index contributed by atoms with van der Waals surface area (Å²) in [6.45, 7) is 1.41. The lowest BCUT2D eigenvalue weighted by Crippen LogP contribution is -2.08. The summed E-state index contributed by atoms with van der Waals surface area (Å²) in [7, 11) is -3.24. The zero-order valence-electron chi connectivity index (χ0n) is 12.7. The number of nitrogens with zero attached hydrogens (tertiary/aromatic N) is 3. The van der Waals surface area contributed by atoms with Crippen LogP contribution in [-0.4, -0.2) is 35.2 Å². The van der Waals surface area contributed by atoms with Gasteiger partial charge >= 0.3 is 0 Å². The second kappa shape index (κ2) is 5.62. The third-order valence-electron chi connectivity index (χ3n) is 3.49. The Bertz CT molecular complexity index is 941. The molecule has 1 atom stereocenters. The molecule has 0 saturated heterocycles. The molecule has 2 aromatic heterocycles. The summed E-state index contributed by atoms with van der Waals surface area (Å²) in [6, 6.07) is 3.61. The standard InChI is InChI=1S/C15H16N4O3S/c1-10(20)16-14-9-19-15(17-14)7-6-13(18-19)11-4-3-5-12(8-11)23(2,21)22/h3,5-9,11H,4H2,1-2H3,(H,16,20). The van der Waals surface area contributed by atoms with Crippen LogP contribution in [0.1, 0.15) is 25.0 Å². The number of hydrogen-bond acceptors (Lipinski definition) is 5. The van der Waals surface area contributed by atoms with Crippen molar-refractivity contribution in [2.75, 3.05) is 11.6 Å². The van der Waals surface area contributed by atoms with Crippen LogP contribution in [0.2, 0.25) is 0 Å². The third-order valence-corrected chi connectivity index (χ3v) is 4.62. The van der Waals surface area contributed by atoms with Gasteiger partial charge in [-0.2, -0.15) is 5.10 Å². The number of rotatable bonds is 3.